The lowest BCUT2D eigenvalue weighted by molar-refractivity contribution is -0.118. The Labute approximate surface area is 219 Å². The molecule has 190 valence electrons. The molecule has 0 saturated carbocycles. The zero-order chi connectivity index (χ0) is 27.1. The van der Waals surface area contributed by atoms with E-state index in [-0.39, 0.29) is 30.6 Å². The molecule has 0 aliphatic rings. The lowest BCUT2D eigenvalue weighted by Crippen LogP contribution is -2.43. The van der Waals surface area contributed by atoms with Gasteiger partial charge < -0.3 is 10.1 Å². The minimum Gasteiger partial charge on any atom is -0.439 e. The minimum absolute atomic E-state index is 0.0353. The monoisotopic (exact) mass is 531 g/mol. The summed E-state index contributed by atoms with van der Waals surface area (Å²) in [7, 11) is 0. The van der Waals surface area contributed by atoms with Gasteiger partial charge in [0.1, 0.15) is 17.5 Å². The van der Waals surface area contributed by atoms with Crippen molar-refractivity contribution in [3.63, 3.8) is 0 Å². The summed E-state index contributed by atoms with van der Waals surface area (Å²) < 4.78 is 7.66. The summed E-state index contributed by atoms with van der Waals surface area (Å²) in [6.45, 7) is -0.309. The molecule has 0 radical (unpaired) electrons. The molecule has 0 aliphatic carbocycles. The van der Waals surface area contributed by atoms with Crippen molar-refractivity contribution in [2.75, 3.05) is 5.32 Å². The van der Waals surface area contributed by atoms with Crippen molar-refractivity contribution in [2.24, 2.45) is 5.18 Å². The molecule has 4 rings (SSSR count). The average Bonchev–Trinajstić information content (AvgIpc) is 2.92. The zero-order valence-corrected chi connectivity index (χ0v) is 20.3. The average molecular weight is 532 g/mol. The Bertz CT molecular complexity index is 1640. The first kappa shape index (κ1) is 25.9. The number of nitrogens with zero attached hydrogens (tertiary/aromatic N) is 6. The van der Waals surface area contributed by atoms with Crippen LogP contribution in [0.1, 0.15) is 17.7 Å². The van der Waals surface area contributed by atoms with Crippen LogP contribution in [0.15, 0.2) is 81.5 Å². The first-order chi connectivity index (χ1) is 18.4. The number of carbonyl (C=O) groups is 1. The largest absolute Gasteiger partial charge is 0.439 e. The number of nitrogens with one attached hydrogen (secondary N) is 1. The van der Waals surface area contributed by atoms with Gasteiger partial charge in [0.15, 0.2) is 0 Å². The summed E-state index contributed by atoms with van der Waals surface area (Å²) in [6, 6.07) is 20.1. The van der Waals surface area contributed by atoms with E-state index in [1.807, 2.05) is 6.07 Å². The van der Waals surface area contributed by atoms with Crippen LogP contribution in [0.5, 0.6) is 11.6 Å². The number of aromatic nitrogens is 4. The molecular formula is C25H18ClN7O5. The molecule has 2 aromatic carbocycles. The predicted octanol–water partition coefficient (Wildman–Crippen LogP) is 3.59. The number of amides is 1. The topological polar surface area (TPSA) is 161 Å². The van der Waals surface area contributed by atoms with E-state index in [4.69, 9.17) is 21.6 Å². The molecule has 0 atom stereocenters. The van der Waals surface area contributed by atoms with Crippen LogP contribution in [0.2, 0.25) is 5.02 Å². The zero-order valence-electron chi connectivity index (χ0n) is 19.6. The summed E-state index contributed by atoms with van der Waals surface area (Å²) in [4.78, 5) is 55.6. The highest BCUT2D eigenvalue weighted by Gasteiger charge is 2.15. The number of nitroso groups, excluding NO2 is 1. The van der Waals surface area contributed by atoms with Crippen molar-refractivity contribution in [1.82, 2.24) is 19.1 Å². The summed E-state index contributed by atoms with van der Waals surface area (Å²) in [5, 5.41) is 14.8. The Morgan fingerprint density at radius 3 is 2.45 bits per heavy atom. The first-order valence-electron chi connectivity index (χ1n) is 11.1. The number of halogens is 1. The Morgan fingerprint density at radius 2 is 1.76 bits per heavy atom. The molecule has 0 fully saturated rings. The third-order valence-electron chi connectivity index (χ3n) is 5.23. The number of hydrogen-bond acceptors (Lipinski definition) is 9. The normalized spacial score (nSPS) is 10.4. The van der Waals surface area contributed by atoms with Crippen molar-refractivity contribution < 1.29 is 9.53 Å². The van der Waals surface area contributed by atoms with Gasteiger partial charge in [-0.05, 0) is 48.0 Å². The van der Waals surface area contributed by atoms with Gasteiger partial charge in [0.05, 0.1) is 13.0 Å². The summed E-state index contributed by atoms with van der Waals surface area (Å²) >= 11 is 5.96. The van der Waals surface area contributed by atoms with E-state index in [9.17, 15) is 19.3 Å². The fourth-order valence-corrected chi connectivity index (χ4v) is 3.50. The molecule has 1 N–H and O–H groups in total. The van der Waals surface area contributed by atoms with Crippen LogP contribution in [0.4, 0.5) is 11.6 Å². The Balaban J connectivity index is 1.63. The molecule has 38 heavy (non-hydrogen) atoms. The van der Waals surface area contributed by atoms with Crippen LogP contribution >= 0.6 is 11.6 Å². The Morgan fingerprint density at radius 1 is 1.03 bits per heavy atom. The standard InChI is InChI=1S/C25H18ClN7O5/c26-17-6-4-16(5-7-17)15-33-23(30-24(35)32(25(33)36)13-12-21(34)31-37)29-18-8-10-20(11-9-18)38-22-3-1-2-19(14-27)28-22/h1-11H,12-13,15H2,(H,29,30,35). The van der Waals surface area contributed by atoms with E-state index in [1.165, 1.54) is 4.57 Å². The minimum atomic E-state index is -0.986. The third-order valence-corrected chi connectivity index (χ3v) is 5.48. The van der Waals surface area contributed by atoms with Crippen LogP contribution in [0.3, 0.4) is 0 Å². The maximum atomic E-state index is 13.2. The number of benzene rings is 2. The fourth-order valence-electron chi connectivity index (χ4n) is 3.37. The molecule has 0 bridgehead atoms. The van der Waals surface area contributed by atoms with E-state index in [2.05, 4.69) is 20.5 Å². The highest BCUT2D eigenvalue weighted by Crippen LogP contribution is 2.23. The maximum Gasteiger partial charge on any atom is 0.354 e. The van der Waals surface area contributed by atoms with E-state index in [0.717, 1.165) is 4.57 Å². The van der Waals surface area contributed by atoms with Crippen molar-refractivity contribution in [1.29, 1.82) is 5.26 Å². The van der Waals surface area contributed by atoms with Crippen LogP contribution in [0, 0.1) is 16.2 Å². The molecule has 12 nitrogen and oxygen atoms in total. The number of ether oxygens (including phenoxy) is 1. The highest BCUT2D eigenvalue weighted by molar-refractivity contribution is 6.30. The van der Waals surface area contributed by atoms with Crippen molar-refractivity contribution in [3.8, 4) is 17.7 Å². The smallest absolute Gasteiger partial charge is 0.354 e. The van der Waals surface area contributed by atoms with Gasteiger partial charge in [0.2, 0.25) is 11.8 Å². The summed E-state index contributed by atoms with van der Waals surface area (Å²) in [5.74, 6) is -0.341. The third kappa shape index (κ3) is 6.34. The quantitative estimate of drug-likeness (QED) is 0.318. The lowest BCUT2D eigenvalue weighted by Gasteiger charge is -2.16. The van der Waals surface area contributed by atoms with E-state index >= 15 is 0 Å². The molecule has 0 aliphatic heterocycles. The molecule has 13 heteroatoms. The number of hydrogen-bond donors (Lipinski definition) is 1. The van der Waals surface area contributed by atoms with E-state index in [1.54, 1.807) is 66.7 Å². The SMILES string of the molecule is N#Cc1cccc(Oc2ccc(Nc3nc(=O)n(CCC(=O)N=O)c(=O)n3Cc3ccc(Cl)cc3)cc2)n1. The molecular weight excluding hydrogens is 514 g/mol. The van der Waals surface area contributed by atoms with Crippen LogP contribution in [-0.2, 0) is 17.9 Å². The van der Waals surface area contributed by atoms with Crippen LogP contribution in [-0.4, -0.2) is 25.0 Å². The molecule has 2 aromatic heterocycles. The molecule has 0 unspecified atom stereocenters. The highest BCUT2D eigenvalue weighted by atomic mass is 35.5. The van der Waals surface area contributed by atoms with Crippen molar-refractivity contribution >= 4 is 29.1 Å². The van der Waals surface area contributed by atoms with Gasteiger partial charge in [0, 0.05) is 28.5 Å². The number of carbonyl (C=O) groups excluding carboxylic acids is 1. The predicted molar refractivity (Wildman–Crippen MR) is 137 cm³/mol. The summed E-state index contributed by atoms with van der Waals surface area (Å²) in [6.07, 6.45) is -0.415. The van der Waals surface area contributed by atoms with Gasteiger partial charge in [-0.15, -0.1) is 4.91 Å². The molecule has 2 heterocycles. The molecule has 0 spiro atoms. The van der Waals surface area contributed by atoms with E-state index in [0.29, 0.717) is 22.0 Å². The second kappa shape index (κ2) is 11.7. The van der Waals surface area contributed by atoms with Gasteiger partial charge in [-0.2, -0.15) is 10.2 Å². The molecule has 1 amide bonds. The van der Waals surface area contributed by atoms with Crippen LogP contribution < -0.4 is 21.4 Å². The van der Waals surface area contributed by atoms with Crippen molar-refractivity contribution in [2.45, 2.75) is 19.5 Å². The maximum absolute atomic E-state index is 13.2. The Hall–Kier alpha value is -5.15. The molecule has 4 aromatic rings. The number of nitriles is 1. The van der Waals surface area contributed by atoms with Gasteiger partial charge in [-0.25, -0.2) is 19.1 Å². The van der Waals surface area contributed by atoms with E-state index < -0.39 is 23.7 Å². The second-order valence-electron chi connectivity index (χ2n) is 7.82. The first-order valence-corrected chi connectivity index (χ1v) is 11.5. The number of pyridine rings is 1. The van der Waals surface area contributed by atoms with Gasteiger partial charge >= 0.3 is 11.4 Å². The second-order valence-corrected chi connectivity index (χ2v) is 8.26. The summed E-state index contributed by atoms with van der Waals surface area (Å²) in [5.41, 5.74) is -0.220. The fraction of sp³-hybridized carbons (Fsp3) is 0.120. The van der Waals surface area contributed by atoms with Gasteiger partial charge in [-0.1, -0.05) is 29.8 Å². The molecule has 0 saturated heterocycles. The Kier molecular flexibility index (Phi) is 8.00. The van der Waals surface area contributed by atoms with Gasteiger partial charge in [-0.3, -0.25) is 9.36 Å². The van der Waals surface area contributed by atoms with Gasteiger partial charge in [0.25, 0.3) is 5.91 Å². The number of anilines is 2. The van der Waals surface area contributed by atoms with Crippen molar-refractivity contribution in [3.05, 3.63) is 109 Å². The lowest BCUT2D eigenvalue weighted by atomic mass is 10.2. The van der Waals surface area contributed by atoms with Crippen LogP contribution in [0.25, 0.3) is 0 Å². The number of rotatable bonds is 9.